The van der Waals surface area contributed by atoms with Gasteiger partial charge in [-0.1, -0.05) is 19.8 Å². The Hall–Kier alpha value is -1.25. The number of aromatic nitrogens is 1. The fourth-order valence-corrected chi connectivity index (χ4v) is 2.36. The maximum atomic E-state index is 5.12. The Balaban J connectivity index is 2.01. The van der Waals surface area contributed by atoms with Gasteiger partial charge in [-0.05, 0) is 24.8 Å². The van der Waals surface area contributed by atoms with E-state index in [0.717, 1.165) is 11.6 Å². The molecule has 1 aliphatic rings. The third kappa shape index (κ3) is 2.65. The van der Waals surface area contributed by atoms with Gasteiger partial charge in [-0.15, -0.1) is 0 Å². The molecular formula is C13H20N2O. The van der Waals surface area contributed by atoms with E-state index in [0.29, 0.717) is 11.9 Å². The van der Waals surface area contributed by atoms with E-state index in [1.165, 1.54) is 25.7 Å². The normalized spacial score (nSPS) is 25.1. The lowest BCUT2D eigenvalue weighted by atomic mass is 9.86. The first-order valence-electron chi connectivity index (χ1n) is 6.06. The number of ether oxygens (including phenoxy) is 1. The highest BCUT2D eigenvalue weighted by Crippen LogP contribution is 2.27. The first kappa shape index (κ1) is 11.2. The van der Waals surface area contributed by atoms with Crippen molar-refractivity contribution >= 4 is 5.69 Å². The van der Waals surface area contributed by atoms with Crippen LogP contribution in [0.2, 0.25) is 0 Å². The summed E-state index contributed by atoms with van der Waals surface area (Å²) < 4.78 is 5.12. The van der Waals surface area contributed by atoms with Crippen LogP contribution < -0.4 is 10.1 Å². The van der Waals surface area contributed by atoms with Crippen molar-refractivity contribution in [2.24, 2.45) is 5.92 Å². The quantitative estimate of drug-likeness (QED) is 0.850. The second-order valence-electron chi connectivity index (χ2n) is 4.60. The summed E-state index contributed by atoms with van der Waals surface area (Å²) in [7, 11) is 1.65. The van der Waals surface area contributed by atoms with Gasteiger partial charge >= 0.3 is 0 Å². The van der Waals surface area contributed by atoms with E-state index >= 15 is 0 Å². The number of methoxy groups -OCH3 is 1. The third-order valence-electron chi connectivity index (χ3n) is 3.41. The van der Waals surface area contributed by atoms with Crippen LogP contribution in [0.4, 0.5) is 5.69 Å². The molecule has 3 heteroatoms. The molecule has 0 bridgehead atoms. The van der Waals surface area contributed by atoms with E-state index in [4.69, 9.17) is 4.74 Å². The number of nitrogens with zero attached hydrogens (tertiary/aromatic N) is 1. The third-order valence-corrected chi connectivity index (χ3v) is 3.41. The zero-order valence-corrected chi connectivity index (χ0v) is 10.1. The van der Waals surface area contributed by atoms with Crippen molar-refractivity contribution in [2.45, 2.75) is 38.6 Å². The SMILES string of the molecule is COc1cc(NC2CCCCC2C)ccn1. The molecule has 88 valence electrons. The van der Waals surface area contributed by atoms with Gasteiger partial charge in [0.2, 0.25) is 5.88 Å². The minimum Gasteiger partial charge on any atom is -0.481 e. The second kappa shape index (κ2) is 5.19. The monoisotopic (exact) mass is 220 g/mol. The fraction of sp³-hybridized carbons (Fsp3) is 0.615. The zero-order chi connectivity index (χ0) is 11.4. The number of rotatable bonds is 3. The molecule has 1 aliphatic carbocycles. The molecule has 0 amide bonds. The smallest absolute Gasteiger partial charge is 0.214 e. The van der Waals surface area contributed by atoms with Gasteiger partial charge in [-0.2, -0.15) is 0 Å². The van der Waals surface area contributed by atoms with E-state index < -0.39 is 0 Å². The van der Waals surface area contributed by atoms with E-state index in [-0.39, 0.29) is 0 Å². The first-order valence-corrected chi connectivity index (χ1v) is 6.06. The molecule has 2 unspecified atom stereocenters. The molecule has 1 fully saturated rings. The molecule has 1 N–H and O–H groups in total. The minimum atomic E-state index is 0.598. The maximum Gasteiger partial charge on any atom is 0.214 e. The van der Waals surface area contributed by atoms with Gasteiger partial charge in [0, 0.05) is 24.0 Å². The summed E-state index contributed by atoms with van der Waals surface area (Å²) in [6, 6.07) is 4.56. The first-order chi connectivity index (χ1) is 7.79. The van der Waals surface area contributed by atoms with Gasteiger partial charge in [-0.25, -0.2) is 4.98 Å². The standard InChI is InChI=1S/C13H20N2O/c1-10-5-3-4-6-12(10)15-11-7-8-14-13(9-11)16-2/h7-10,12H,3-6H2,1-2H3,(H,14,15). The van der Waals surface area contributed by atoms with Crippen LogP contribution in [0.3, 0.4) is 0 Å². The number of hydrogen-bond donors (Lipinski definition) is 1. The average Bonchev–Trinajstić information content (AvgIpc) is 2.32. The molecular weight excluding hydrogens is 200 g/mol. The van der Waals surface area contributed by atoms with E-state index in [2.05, 4.69) is 17.2 Å². The lowest BCUT2D eigenvalue weighted by Crippen LogP contribution is -2.30. The van der Waals surface area contributed by atoms with Crippen molar-refractivity contribution in [1.29, 1.82) is 0 Å². The van der Waals surface area contributed by atoms with Gasteiger partial charge < -0.3 is 10.1 Å². The van der Waals surface area contributed by atoms with Crippen LogP contribution in [0.5, 0.6) is 5.88 Å². The van der Waals surface area contributed by atoms with Crippen molar-refractivity contribution in [3.05, 3.63) is 18.3 Å². The molecule has 0 spiro atoms. The van der Waals surface area contributed by atoms with Crippen molar-refractivity contribution in [3.8, 4) is 5.88 Å². The van der Waals surface area contributed by atoms with Crippen molar-refractivity contribution < 1.29 is 4.74 Å². The van der Waals surface area contributed by atoms with Crippen LogP contribution in [0.15, 0.2) is 18.3 Å². The molecule has 16 heavy (non-hydrogen) atoms. The van der Waals surface area contributed by atoms with Gasteiger partial charge in [0.25, 0.3) is 0 Å². The minimum absolute atomic E-state index is 0.598. The molecule has 1 aromatic rings. The number of hydrogen-bond acceptors (Lipinski definition) is 3. The van der Waals surface area contributed by atoms with Crippen LogP contribution in [-0.2, 0) is 0 Å². The maximum absolute atomic E-state index is 5.12. The Bertz CT molecular complexity index is 340. The molecule has 0 saturated heterocycles. The highest BCUT2D eigenvalue weighted by molar-refractivity contribution is 5.46. The molecule has 2 rings (SSSR count). The van der Waals surface area contributed by atoms with Gasteiger partial charge in [0.1, 0.15) is 0 Å². The Labute approximate surface area is 97.2 Å². The topological polar surface area (TPSA) is 34.1 Å². The van der Waals surface area contributed by atoms with Gasteiger partial charge in [-0.3, -0.25) is 0 Å². The molecule has 1 saturated carbocycles. The number of pyridine rings is 1. The molecule has 0 radical (unpaired) electrons. The number of nitrogens with one attached hydrogen (secondary N) is 1. The van der Waals surface area contributed by atoms with E-state index in [1.54, 1.807) is 13.3 Å². The largest absolute Gasteiger partial charge is 0.481 e. The zero-order valence-electron chi connectivity index (χ0n) is 10.1. The fourth-order valence-electron chi connectivity index (χ4n) is 2.36. The highest BCUT2D eigenvalue weighted by Gasteiger charge is 2.20. The van der Waals surface area contributed by atoms with E-state index in [1.807, 2.05) is 12.1 Å². The van der Waals surface area contributed by atoms with Crippen LogP contribution in [0, 0.1) is 5.92 Å². The van der Waals surface area contributed by atoms with Crippen LogP contribution in [0.25, 0.3) is 0 Å². The van der Waals surface area contributed by atoms with Crippen LogP contribution in [-0.4, -0.2) is 18.1 Å². The summed E-state index contributed by atoms with van der Waals surface area (Å²) >= 11 is 0. The summed E-state index contributed by atoms with van der Waals surface area (Å²) in [6.07, 6.45) is 7.10. The number of anilines is 1. The summed E-state index contributed by atoms with van der Waals surface area (Å²) in [4.78, 5) is 4.11. The predicted octanol–water partition coefficient (Wildman–Crippen LogP) is 3.08. The Morgan fingerprint density at radius 3 is 2.94 bits per heavy atom. The van der Waals surface area contributed by atoms with Crippen LogP contribution in [0.1, 0.15) is 32.6 Å². The second-order valence-corrected chi connectivity index (χ2v) is 4.60. The lowest BCUT2D eigenvalue weighted by molar-refractivity contribution is 0.349. The molecule has 0 aromatic carbocycles. The summed E-state index contributed by atoms with van der Waals surface area (Å²) in [6.45, 7) is 2.33. The van der Waals surface area contributed by atoms with Crippen molar-refractivity contribution in [1.82, 2.24) is 4.98 Å². The summed E-state index contributed by atoms with van der Waals surface area (Å²) in [5.74, 6) is 1.43. The molecule has 2 atom stereocenters. The average molecular weight is 220 g/mol. The Morgan fingerprint density at radius 1 is 1.38 bits per heavy atom. The molecule has 3 nitrogen and oxygen atoms in total. The van der Waals surface area contributed by atoms with Gasteiger partial charge in [0.05, 0.1) is 7.11 Å². The Morgan fingerprint density at radius 2 is 2.19 bits per heavy atom. The van der Waals surface area contributed by atoms with Crippen molar-refractivity contribution in [2.75, 3.05) is 12.4 Å². The summed E-state index contributed by atoms with van der Waals surface area (Å²) in [5, 5.41) is 3.59. The summed E-state index contributed by atoms with van der Waals surface area (Å²) in [5.41, 5.74) is 1.12. The predicted molar refractivity (Wildman–Crippen MR) is 65.8 cm³/mol. The molecule has 1 heterocycles. The highest BCUT2D eigenvalue weighted by atomic mass is 16.5. The Kier molecular flexibility index (Phi) is 3.65. The lowest BCUT2D eigenvalue weighted by Gasteiger charge is -2.30. The van der Waals surface area contributed by atoms with Crippen LogP contribution >= 0.6 is 0 Å². The molecule has 0 aliphatic heterocycles. The van der Waals surface area contributed by atoms with Gasteiger partial charge in [0.15, 0.2) is 0 Å². The van der Waals surface area contributed by atoms with E-state index in [9.17, 15) is 0 Å². The van der Waals surface area contributed by atoms with Crippen molar-refractivity contribution in [3.63, 3.8) is 0 Å². The molecule has 1 aromatic heterocycles.